The molecule has 1 saturated carbocycles. The molecule has 6 heteroatoms. The standard InChI is InChI=1S/C39H48N4O2/c1-25-21-26(2)36(27(3)22-25)41-37(45)39(17-19-42(7)20-18-39)43(24-29-13-9-8-10-14-29)33(44)23-31-35(38(31,5)6)34-28(4)40-32-16-12-11-15-30(32)34/h8-16,21-22,31,35,40H,17-20,23-24H2,1-7H3,(H,41,45). The molecule has 2 N–H and O–H groups in total. The van der Waals surface area contributed by atoms with Crippen molar-refractivity contribution in [3.63, 3.8) is 0 Å². The molecule has 45 heavy (non-hydrogen) atoms. The van der Waals surface area contributed by atoms with Gasteiger partial charge in [0.15, 0.2) is 0 Å². The third-order valence-electron chi connectivity index (χ3n) is 10.9. The van der Waals surface area contributed by atoms with Crippen molar-refractivity contribution in [2.24, 2.45) is 11.3 Å². The van der Waals surface area contributed by atoms with E-state index in [0.29, 0.717) is 25.8 Å². The number of aryl methyl sites for hydroxylation is 4. The van der Waals surface area contributed by atoms with Crippen LogP contribution in [0.25, 0.3) is 10.9 Å². The zero-order valence-corrected chi connectivity index (χ0v) is 28.0. The van der Waals surface area contributed by atoms with Gasteiger partial charge in [-0.25, -0.2) is 0 Å². The molecule has 6 nitrogen and oxygen atoms in total. The van der Waals surface area contributed by atoms with E-state index in [4.69, 9.17) is 0 Å². The van der Waals surface area contributed by atoms with Crippen LogP contribution in [-0.4, -0.2) is 52.3 Å². The summed E-state index contributed by atoms with van der Waals surface area (Å²) in [5, 5.41) is 4.59. The van der Waals surface area contributed by atoms with E-state index in [1.54, 1.807) is 0 Å². The van der Waals surface area contributed by atoms with Crippen LogP contribution in [0.2, 0.25) is 0 Å². The highest BCUT2D eigenvalue weighted by Crippen LogP contribution is 2.67. The zero-order valence-electron chi connectivity index (χ0n) is 28.0. The average Bonchev–Trinajstić information content (AvgIpc) is 3.35. The number of aromatic amines is 1. The molecule has 2 unspecified atom stereocenters. The van der Waals surface area contributed by atoms with E-state index in [1.807, 2.05) is 36.9 Å². The Labute approximate surface area is 268 Å². The lowest BCUT2D eigenvalue weighted by Crippen LogP contribution is -2.63. The van der Waals surface area contributed by atoms with Gasteiger partial charge in [0, 0.05) is 48.3 Å². The maximum atomic E-state index is 14.8. The van der Waals surface area contributed by atoms with Gasteiger partial charge < -0.3 is 20.1 Å². The second-order valence-corrected chi connectivity index (χ2v) is 14.3. The first-order valence-electron chi connectivity index (χ1n) is 16.4. The molecule has 2 heterocycles. The third-order valence-corrected chi connectivity index (χ3v) is 10.9. The molecule has 0 spiro atoms. The van der Waals surface area contributed by atoms with Gasteiger partial charge in [0.05, 0.1) is 0 Å². The number of anilines is 1. The van der Waals surface area contributed by atoms with Gasteiger partial charge in [-0.15, -0.1) is 0 Å². The van der Waals surface area contributed by atoms with Gasteiger partial charge in [0.2, 0.25) is 11.8 Å². The van der Waals surface area contributed by atoms with E-state index in [9.17, 15) is 9.59 Å². The van der Waals surface area contributed by atoms with Crippen molar-refractivity contribution in [3.05, 3.63) is 100 Å². The summed E-state index contributed by atoms with van der Waals surface area (Å²) < 4.78 is 0. The lowest BCUT2D eigenvalue weighted by atomic mass is 9.83. The van der Waals surface area contributed by atoms with Crippen molar-refractivity contribution in [3.8, 4) is 0 Å². The molecular formula is C39H48N4O2. The Balaban J connectivity index is 1.36. The van der Waals surface area contributed by atoms with Crippen LogP contribution in [-0.2, 0) is 16.1 Å². The van der Waals surface area contributed by atoms with E-state index < -0.39 is 5.54 Å². The fraction of sp³-hybridized carbons (Fsp3) is 0.436. The second kappa shape index (κ2) is 11.8. The highest BCUT2D eigenvalue weighted by Gasteiger charge is 2.60. The predicted octanol–water partition coefficient (Wildman–Crippen LogP) is 7.66. The molecule has 3 aromatic carbocycles. The number of likely N-dealkylation sites (tertiary alicyclic amines) is 1. The van der Waals surface area contributed by atoms with Crippen molar-refractivity contribution in [1.29, 1.82) is 0 Å². The Bertz CT molecular complexity index is 1710. The molecule has 2 atom stereocenters. The van der Waals surface area contributed by atoms with E-state index in [-0.39, 0.29) is 29.1 Å². The van der Waals surface area contributed by atoms with E-state index in [0.717, 1.165) is 41.0 Å². The molecule has 236 valence electrons. The fourth-order valence-electron chi connectivity index (χ4n) is 8.15. The van der Waals surface area contributed by atoms with Gasteiger partial charge in [-0.05, 0) is 93.2 Å². The summed E-state index contributed by atoms with van der Waals surface area (Å²) in [6.07, 6.45) is 1.60. The van der Waals surface area contributed by atoms with Gasteiger partial charge in [-0.3, -0.25) is 9.59 Å². The minimum absolute atomic E-state index is 0.0257. The van der Waals surface area contributed by atoms with Gasteiger partial charge in [-0.2, -0.15) is 0 Å². The molecule has 2 fully saturated rings. The number of amides is 2. The van der Waals surface area contributed by atoms with Crippen molar-refractivity contribution in [2.75, 3.05) is 25.5 Å². The number of hydrogen-bond donors (Lipinski definition) is 2. The van der Waals surface area contributed by atoms with Crippen LogP contribution in [0.5, 0.6) is 0 Å². The summed E-state index contributed by atoms with van der Waals surface area (Å²) in [4.78, 5) is 37.3. The number of hydrogen-bond acceptors (Lipinski definition) is 3. The number of para-hydroxylation sites is 1. The lowest BCUT2D eigenvalue weighted by molar-refractivity contribution is -0.150. The monoisotopic (exact) mass is 604 g/mol. The number of piperidine rings is 1. The molecule has 2 amide bonds. The van der Waals surface area contributed by atoms with Crippen LogP contribution < -0.4 is 5.32 Å². The normalized spacial score (nSPS) is 20.6. The highest BCUT2D eigenvalue weighted by atomic mass is 16.2. The van der Waals surface area contributed by atoms with Crippen LogP contribution in [0.4, 0.5) is 5.69 Å². The average molecular weight is 605 g/mol. The van der Waals surface area contributed by atoms with Gasteiger partial charge in [-0.1, -0.05) is 80.1 Å². The molecule has 2 aliphatic rings. The molecule has 1 aromatic heterocycles. The molecule has 1 aliphatic heterocycles. The third kappa shape index (κ3) is 5.69. The molecule has 0 bridgehead atoms. The summed E-state index contributed by atoms with van der Waals surface area (Å²) in [7, 11) is 2.10. The number of nitrogens with one attached hydrogen (secondary N) is 2. The maximum absolute atomic E-state index is 14.8. The van der Waals surface area contributed by atoms with Crippen LogP contribution >= 0.6 is 0 Å². The summed E-state index contributed by atoms with van der Waals surface area (Å²) in [6, 6.07) is 22.8. The van der Waals surface area contributed by atoms with Gasteiger partial charge >= 0.3 is 0 Å². The maximum Gasteiger partial charge on any atom is 0.250 e. The van der Waals surface area contributed by atoms with E-state index >= 15 is 0 Å². The predicted molar refractivity (Wildman–Crippen MR) is 183 cm³/mol. The summed E-state index contributed by atoms with van der Waals surface area (Å²) in [5.41, 5.74) is 7.84. The zero-order chi connectivity index (χ0) is 32.1. The van der Waals surface area contributed by atoms with Crippen molar-refractivity contribution in [2.45, 2.75) is 78.8 Å². The molecule has 1 saturated heterocycles. The highest BCUT2D eigenvalue weighted by molar-refractivity contribution is 6.02. The summed E-state index contributed by atoms with van der Waals surface area (Å²) in [6.45, 7) is 14.8. The van der Waals surface area contributed by atoms with Gasteiger partial charge in [0.1, 0.15) is 5.54 Å². The van der Waals surface area contributed by atoms with Crippen LogP contribution in [0.1, 0.15) is 72.5 Å². The number of fused-ring (bicyclic) bond motifs is 1. The first-order valence-corrected chi connectivity index (χ1v) is 16.4. The number of aromatic nitrogens is 1. The SMILES string of the molecule is Cc1cc(C)c(NC(=O)C2(N(Cc3ccccc3)C(=O)CC3C(c4c(C)[nH]c5ccccc45)C3(C)C)CCN(C)CC2)c(C)c1. The van der Waals surface area contributed by atoms with E-state index in [2.05, 4.69) is 98.5 Å². The number of nitrogens with zero attached hydrogens (tertiary/aromatic N) is 2. The smallest absolute Gasteiger partial charge is 0.250 e. The van der Waals surface area contributed by atoms with Crippen molar-refractivity contribution in [1.82, 2.24) is 14.8 Å². The number of carbonyl (C=O) groups is 2. The van der Waals surface area contributed by atoms with Crippen LogP contribution in [0.15, 0.2) is 66.7 Å². The number of carbonyl (C=O) groups excluding carboxylic acids is 2. The Morgan fingerprint density at radius 1 is 0.933 bits per heavy atom. The Kier molecular flexibility index (Phi) is 8.15. The Hall–Kier alpha value is -3.90. The first-order chi connectivity index (χ1) is 21.4. The molecular weight excluding hydrogens is 556 g/mol. The minimum atomic E-state index is -0.950. The minimum Gasteiger partial charge on any atom is -0.358 e. The van der Waals surface area contributed by atoms with Crippen molar-refractivity contribution >= 4 is 28.4 Å². The quantitative estimate of drug-likeness (QED) is 0.217. The fourth-order valence-corrected chi connectivity index (χ4v) is 8.15. The lowest BCUT2D eigenvalue weighted by Gasteiger charge is -2.47. The largest absolute Gasteiger partial charge is 0.358 e. The second-order valence-electron chi connectivity index (χ2n) is 14.3. The Morgan fingerprint density at radius 3 is 2.22 bits per heavy atom. The summed E-state index contributed by atoms with van der Waals surface area (Å²) >= 11 is 0. The molecule has 6 rings (SSSR count). The van der Waals surface area contributed by atoms with Crippen molar-refractivity contribution < 1.29 is 9.59 Å². The number of rotatable bonds is 8. The van der Waals surface area contributed by atoms with Gasteiger partial charge in [0.25, 0.3) is 0 Å². The van der Waals surface area contributed by atoms with E-state index in [1.165, 1.54) is 22.2 Å². The summed E-state index contributed by atoms with van der Waals surface area (Å²) in [5.74, 6) is 0.452. The number of benzene rings is 3. The molecule has 0 radical (unpaired) electrons. The molecule has 4 aromatic rings. The Morgan fingerprint density at radius 2 is 1.56 bits per heavy atom. The topological polar surface area (TPSA) is 68.4 Å². The van der Waals surface area contributed by atoms with Crippen LogP contribution in [0, 0.1) is 39.0 Å². The molecule has 1 aliphatic carbocycles. The first kappa shape index (κ1) is 31.1. The van der Waals surface area contributed by atoms with Crippen LogP contribution in [0.3, 0.4) is 0 Å². The number of H-pyrrole nitrogens is 1.